The summed E-state index contributed by atoms with van der Waals surface area (Å²) in [6.07, 6.45) is 4.54. The van der Waals surface area contributed by atoms with Gasteiger partial charge in [-0.2, -0.15) is 0 Å². The van der Waals surface area contributed by atoms with E-state index in [2.05, 4.69) is 57.7 Å². The van der Waals surface area contributed by atoms with Crippen LogP contribution in [0.2, 0.25) is 0 Å². The van der Waals surface area contributed by atoms with Crippen LogP contribution in [0.4, 0.5) is 0 Å². The molecule has 0 amide bonds. The molecule has 2 N–H and O–H groups in total. The highest BCUT2D eigenvalue weighted by molar-refractivity contribution is 5.95. The van der Waals surface area contributed by atoms with Crippen LogP contribution < -0.4 is 5.32 Å². The second-order valence-corrected chi connectivity index (χ2v) is 5.43. The number of H-pyrrole nitrogens is 1. The van der Waals surface area contributed by atoms with Crippen LogP contribution in [0, 0.1) is 0 Å². The van der Waals surface area contributed by atoms with Crippen molar-refractivity contribution in [1.29, 1.82) is 0 Å². The van der Waals surface area contributed by atoms with Gasteiger partial charge in [-0.15, -0.1) is 0 Å². The molecule has 0 unspecified atom stereocenters. The number of nitrogens with zero attached hydrogens (tertiary/aromatic N) is 1. The Labute approximate surface area is 118 Å². The molecule has 100 valence electrons. The van der Waals surface area contributed by atoms with Gasteiger partial charge in [0.25, 0.3) is 0 Å². The van der Waals surface area contributed by atoms with Gasteiger partial charge in [-0.25, -0.2) is 4.98 Å². The summed E-state index contributed by atoms with van der Waals surface area (Å²) in [7, 11) is 0. The molecule has 2 aromatic carbocycles. The van der Waals surface area contributed by atoms with Crippen molar-refractivity contribution >= 4 is 10.8 Å². The summed E-state index contributed by atoms with van der Waals surface area (Å²) in [6.45, 7) is 0.829. The quantitative estimate of drug-likeness (QED) is 0.756. The van der Waals surface area contributed by atoms with Crippen molar-refractivity contribution in [1.82, 2.24) is 15.3 Å². The molecule has 0 aliphatic heterocycles. The van der Waals surface area contributed by atoms with Crippen molar-refractivity contribution in [3.8, 4) is 11.3 Å². The van der Waals surface area contributed by atoms with E-state index in [1.807, 2.05) is 6.20 Å². The second-order valence-electron chi connectivity index (χ2n) is 5.43. The molecule has 3 aromatic rings. The van der Waals surface area contributed by atoms with Gasteiger partial charge in [0.05, 0.1) is 18.4 Å². The van der Waals surface area contributed by atoms with E-state index in [9.17, 15) is 0 Å². The lowest BCUT2D eigenvalue weighted by Gasteiger charge is -2.04. The Kier molecular flexibility index (Phi) is 2.78. The van der Waals surface area contributed by atoms with E-state index in [1.54, 1.807) is 0 Å². The highest BCUT2D eigenvalue weighted by Crippen LogP contribution is 2.27. The minimum atomic E-state index is 0.709. The Balaban J connectivity index is 1.67. The van der Waals surface area contributed by atoms with E-state index in [1.165, 1.54) is 29.2 Å². The van der Waals surface area contributed by atoms with E-state index in [0.29, 0.717) is 6.04 Å². The first kappa shape index (κ1) is 11.7. The summed E-state index contributed by atoms with van der Waals surface area (Å²) in [5, 5.41) is 6.01. The molecular formula is C17H17N3. The van der Waals surface area contributed by atoms with Gasteiger partial charge in [-0.1, -0.05) is 42.5 Å². The maximum absolute atomic E-state index is 4.48. The summed E-state index contributed by atoms with van der Waals surface area (Å²) >= 11 is 0. The smallest absolute Gasteiger partial charge is 0.120 e. The van der Waals surface area contributed by atoms with Crippen molar-refractivity contribution < 1.29 is 0 Å². The average molecular weight is 263 g/mol. The van der Waals surface area contributed by atoms with Crippen LogP contribution in [0.25, 0.3) is 22.0 Å². The van der Waals surface area contributed by atoms with Crippen LogP contribution in [0.1, 0.15) is 18.7 Å². The van der Waals surface area contributed by atoms with E-state index in [-0.39, 0.29) is 0 Å². The number of hydrogen-bond acceptors (Lipinski definition) is 2. The Morgan fingerprint density at radius 3 is 2.85 bits per heavy atom. The highest BCUT2D eigenvalue weighted by atomic mass is 15.0. The molecule has 3 nitrogen and oxygen atoms in total. The van der Waals surface area contributed by atoms with Crippen LogP contribution >= 0.6 is 0 Å². The third-order valence-corrected chi connectivity index (χ3v) is 3.84. The van der Waals surface area contributed by atoms with E-state index >= 15 is 0 Å². The molecule has 0 bridgehead atoms. The van der Waals surface area contributed by atoms with Crippen LogP contribution in [0.3, 0.4) is 0 Å². The number of fused-ring (bicyclic) bond motifs is 1. The third kappa shape index (κ3) is 2.21. The van der Waals surface area contributed by atoms with E-state index in [0.717, 1.165) is 18.1 Å². The number of aromatic amines is 1. The van der Waals surface area contributed by atoms with Gasteiger partial charge < -0.3 is 10.3 Å². The lowest BCUT2D eigenvalue weighted by molar-refractivity contribution is 0.664. The average Bonchev–Trinajstić information content (AvgIpc) is 3.21. The SMILES string of the molecule is c1ccc2c(-c3cnc(CNC4CC4)[nH]3)cccc2c1. The largest absolute Gasteiger partial charge is 0.341 e. The first-order valence-corrected chi connectivity index (χ1v) is 7.15. The summed E-state index contributed by atoms with van der Waals surface area (Å²) in [5.74, 6) is 1.01. The minimum Gasteiger partial charge on any atom is -0.341 e. The molecule has 0 saturated heterocycles. The summed E-state index contributed by atoms with van der Waals surface area (Å²) in [5.41, 5.74) is 2.31. The number of nitrogens with one attached hydrogen (secondary N) is 2. The Morgan fingerprint density at radius 2 is 1.95 bits per heavy atom. The summed E-state index contributed by atoms with van der Waals surface area (Å²) in [6, 6.07) is 15.6. The molecular weight excluding hydrogens is 246 g/mol. The fourth-order valence-electron chi connectivity index (χ4n) is 2.58. The van der Waals surface area contributed by atoms with Crippen LogP contribution in [0.5, 0.6) is 0 Å². The van der Waals surface area contributed by atoms with Gasteiger partial charge in [-0.3, -0.25) is 0 Å². The molecule has 1 saturated carbocycles. The number of benzene rings is 2. The molecule has 1 aliphatic carbocycles. The maximum atomic E-state index is 4.48. The standard InChI is InChI=1S/C17H17N3/c1-2-6-14-12(4-1)5-3-7-15(14)16-10-19-17(20-16)11-18-13-8-9-13/h1-7,10,13,18H,8-9,11H2,(H,19,20). The predicted molar refractivity (Wildman–Crippen MR) is 81.4 cm³/mol. The van der Waals surface area contributed by atoms with Gasteiger partial charge >= 0.3 is 0 Å². The van der Waals surface area contributed by atoms with Gasteiger partial charge in [0, 0.05) is 11.6 Å². The minimum absolute atomic E-state index is 0.709. The third-order valence-electron chi connectivity index (χ3n) is 3.84. The molecule has 1 heterocycles. The first-order chi connectivity index (χ1) is 9.90. The lowest BCUT2D eigenvalue weighted by atomic mass is 10.0. The first-order valence-electron chi connectivity index (χ1n) is 7.15. The monoisotopic (exact) mass is 263 g/mol. The number of aromatic nitrogens is 2. The zero-order valence-corrected chi connectivity index (χ0v) is 11.3. The molecule has 4 rings (SSSR count). The Hall–Kier alpha value is -2.13. The molecule has 3 heteroatoms. The Bertz CT molecular complexity index is 735. The summed E-state index contributed by atoms with van der Waals surface area (Å²) < 4.78 is 0. The molecule has 1 aliphatic rings. The van der Waals surface area contributed by atoms with Gasteiger partial charge in [-0.05, 0) is 23.6 Å². The second kappa shape index (κ2) is 4.76. The van der Waals surface area contributed by atoms with Crippen molar-refractivity contribution in [2.75, 3.05) is 0 Å². The van der Waals surface area contributed by atoms with Crippen molar-refractivity contribution in [2.45, 2.75) is 25.4 Å². The van der Waals surface area contributed by atoms with E-state index < -0.39 is 0 Å². The summed E-state index contributed by atoms with van der Waals surface area (Å²) in [4.78, 5) is 7.91. The molecule has 0 radical (unpaired) electrons. The fraction of sp³-hybridized carbons (Fsp3) is 0.235. The van der Waals surface area contributed by atoms with Crippen molar-refractivity contribution in [2.24, 2.45) is 0 Å². The van der Waals surface area contributed by atoms with E-state index in [4.69, 9.17) is 0 Å². The number of hydrogen-bond donors (Lipinski definition) is 2. The molecule has 0 atom stereocenters. The van der Waals surface area contributed by atoms with Gasteiger partial charge in [0.2, 0.25) is 0 Å². The van der Waals surface area contributed by atoms with Crippen LogP contribution in [0.15, 0.2) is 48.7 Å². The lowest BCUT2D eigenvalue weighted by Crippen LogP contribution is -2.16. The molecule has 20 heavy (non-hydrogen) atoms. The molecule has 1 aromatic heterocycles. The fourth-order valence-corrected chi connectivity index (χ4v) is 2.58. The predicted octanol–water partition coefficient (Wildman–Crippen LogP) is 3.48. The number of rotatable bonds is 4. The highest BCUT2D eigenvalue weighted by Gasteiger charge is 2.20. The zero-order valence-electron chi connectivity index (χ0n) is 11.3. The topological polar surface area (TPSA) is 40.7 Å². The molecule has 0 spiro atoms. The normalized spacial score (nSPS) is 14.8. The molecule has 1 fully saturated rings. The zero-order chi connectivity index (χ0) is 13.4. The van der Waals surface area contributed by atoms with Crippen LogP contribution in [-0.2, 0) is 6.54 Å². The van der Waals surface area contributed by atoms with Crippen molar-refractivity contribution in [3.05, 3.63) is 54.5 Å². The van der Waals surface area contributed by atoms with Crippen molar-refractivity contribution in [3.63, 3.8) is 0 Å². The number of imidazole rings is 1. The van der Waals surface area contributed by atoms with Gasteiger partial charge in [0.15, 0.2) is 0 Å². The van der Waals surface area contributed by atoms with Gasteiger partial charge in [0.1, 0.15) is 5.82 Å². The Morgan fingerprint density at radius 1 is 1.10 bits per heavy atom. The van der Waals surface area contributed by atoms with Crippen LogP contribution in [-0.4, -0.2) is 16.0 Å². The maximum Gasteiger partial charge on any atom is 0.120 e.